The van der Waals surface area contributed by atoms with Crippen LogP contribution in [0.4, 0.5) is 0 Å². The second-order valence-corrected chi connectivity index (χ2v) is 12.5. The number of methoxy groups -OCH3 is 1. The van der Waals surface area contributed by atoms with Crippen LogP contribution in [0.1, 0.15) is 76.3 Å². The van der Waals surface area contributed by atoms with Crippen LogP contribution in [0.2, 0.25) is 0 Å². The number of aryl methyl sites for hydroxylation is 1. The molecular formula is C35H50N2O3. The number of amides is 1. The fraction of sp³-hybridized carbons (Fsp3) is 0.571. The van der Waals surface area contributed by atoms with E-state index in [-0.39, 0.29) is 22.8 Å². The van der Waals surface area contributed by atoms with Gasteiger partial charge < -0.3 is 14.7 Å². The smallest absolute Gasteiger partial charge is 0.222 e. The average Bonchev–Trinajstić information content (AvgIpc) is 2.96. The molecule has 0 aromatic heterocycles. The molecule has 1 N–H and O–H groups in total. The Bertz CT molecular complexity index is 1100. The van der Waals surface area contributed by atoms with Gasteiger partial charge in [-0.1, -0.05) is 68.8 Å². The average molecular weight is 547 g/mol. The van der Waals surface area contributed by atoms with E-state index < -0.39 is 0 Å². The van der Waals surface area contributed by atoms with Gasteiger partial charge in [-0.2, -0.15) is 0 Å². The highest BCUT2D eigenvalue weighted by Gasteiger charge is 2.59. The van der Waals surface area contributed by atoms with E-state index in [1.165, 1.54) is 5.56 Å². The zero-order chi connectivity index (χ0) is 28.6. The van der Waals surface area contributed by atoms with Crippen molar-refractivity contribution >= 4 is 5.91 Å². The summed E-state index contributed by atoms with van der Waals surface area (Å²) in [7, 11) is 1.85. The van der Waals surface area contributed by atoms with E-state index in [4.69, 9.17) is 4.74 Å². The zero-order valence-corrected chi connectivity index (χ0v) is 25.0. The molecule has 0 unspecified atom stereocenters. The first-order valence-corrected chi connectivity index (χ1v) is 15.3. The quantitative estimate of drug-likeness (QED) is 0.223. The lowest BCUT2D eigenvalue weighted by atomic mass is 9.55. The molecule has 1 aliphatic heterocycles. The lowest BCUT2D eigenvalue weighted by Crippen LogP contribution is -2.68. The number of hydrogen-bond donors (Lipinski definition) is 1. The third-order valence-electron chi connectivity index (χ3n) is 9.37. The summed E-state index contributed by atoms with van der Waals surface area (Å²) in [4.78, 5) is 18.4. The summed E-state index contributed by atoms with van der Waals surface area (Å²) in [5.74, 6) is 0.985. The summed E-state index contributed by atoms with van der Waals surface area (Å²) in [5.41, 5.74) is 1.86. The van der Waals surface area contributed by atoms with Gasteiger partial charge in [0.25, 0.3) is 0 Å². The van der Waals surface area contributed by atoms with Gasteiger partial charge in [0.2, 0.25) is 5.91 Å². The first kappa shape index (κ1) is 30.3. The number of hydrogen-bond acceptors (Lipinski definition) is 4. The minimum Gasteiger partial charge on any atom is -0.508 e. The molecule has 5 heteroatoms. The Hall–Kier alpha value is -2.63. The van der Waals surface area contributed by atoms with Crippen LogP contribution in [0.5, 0.6) is 5.75 Å². The lowest BCUT2D eigenvalue weighted by molar-refractivity contribution is -0.161. The molecule has 2 aromatic carbocycles. The maximum atomic E-state index is 13.8. The van der Waals surface area contributed by atoms with E-state index in [9.17, 15) is 9.90 Å². The van der Waals surface area contributed by atoms with Crippen molar-refractivity contribution < 1.29 is 14.6 Å². The Morgan fingerprint density at radius 2 is 1.95 bits per heavy atom. The van der Waals surface area contributed by atoms with Crippen molar-refractivity contribution in [3.05, 3.63) is 78.4 Å². The van der Waals surface area contributed by atoms with Crippen molar-refractivity contribution in [1.82, 2.24) is 9.80 Å². The largest absolute Gasteiger partial charge is 0.508 e. The number of piperidine rings is 1. The van der Waals surface area contributed by atoms with E-state index in [0.717, 1.165) is 83.1 Å². The standard InChI is InChI=1S/C35H50N2O3/c1-5-22-36-23-21-34(30-16-12-17-32(38)24-30)25-31(19-20-35(34,27-36)40-4)37(26-28(2)3)33(39)18-11-7-10-15-29-13-8-6-9-14-29/h5-6,8-9,12-14,16-17,24,28,31,38H,1,7,10-11,15,18-23,25-27H2,2-4H3/t31-,34+,35+/m1/s1. The van der Waals surface area contributed by atoms with Gasteiger partial charge in [0, 0.05) is 44.6 Å². The van der Waals surface area contributed by atoms with Gasteiger partial charge in [-0.3, -0.25) is 9.69 Å². The van der Waals surface area contributed by atoms with E-state index in [1.54, 1.807) is 6.07 Å². The predicted octanol–water partition coefficient (Wildman–Crippen LogP) is 6.75. The highest BCUT2D eigenvalue weighted by atomic mass is 16.5. The number of unbranched alkanes of at least 4 members (excludes halogenated alkanes) is 2. The first-order valence-electron chi connectivity index (χ1n) is 15.3. The minimum atomic E-state index is -0.372. The molecule has 1 heterocycles. The lowest BCUT2D eigenvalue weighted by Gasteiger charge is -2.60. The van der Waals surface area contributed by atoms with Crippen LogP contribution in [0.25, 0.3) is 0 Å². The minimum absolute atomic E-state index is 0.163. The van der Waals surface area contributed by atoms with Crippen LogP contribution >= 0.6 is 0 Å². The van der Waals surface area contributed by atoms with Crippen LogP contribution in [-0.2, 0) is 21.4 Å². The molecule has 1 aliphatic carbocycles. The number of phenols is 1. The number of carbonyl (C=O) groups excluding carboxylic acids is 1. The van der Waals surface area contributed by atoms with Crippen molar-refractivity contribution in [3.8, 4) is 5.75 Å². The normalized spacial score (nSPS) is 24.9. The maximum absolute atomic E-state index is 13.8. The third-order valence-corrected chi connectivity index (χ3v) is 9.37. The number of likely N-dealkylation sites (tertiary alicyclic amines) is 1. The van der Waals surface area contributed by atoms with Crippen molar-refractivity contribution in [2.45, 2.75) is 88.7 Å². The molecule has 0 radical (unpaired) electrons. The van der Waals surface area contributed by atoms with Gasteiger partial charge in [-0.15, -0.1) is 6.58 Å². The molecule has 1 saturated carbocycles. The number of fused-ring (bicyclic) bond motifs is 1. The van der Waals surface area contributed by atoms with Gasteiger partial charge in [0.15, 0.2) is 0 Å². The van der Waals surface area contributed by atoms with E-state index >= 15 is 0 Å². The topological polar surface area (TPSA) is 53.0 Å². The van der Waals surface area contributed by atoms with E-state index in [0.29, 0.717) is 18.2 Å². The van der Waals surface area contributed by atoms with Crippen molar-refractivity contribution in [3.63, 3.8) is 0 Å². The summed E-state index contributed by atoms with van der Waals surface area (Å²) in [6.07, 6.45) is 10.4. The number of benzene rings is 2. The molecule has 2 fully saturated rings. The van der Waals surface area contributed by atoms with Gasteiger partial charge in [-0.25, -0.2) is 0 Å². The molecule has 1 amide bonds. The summed E-state index contributed by atoms with van der Waals surface area (Å²) in [6, 6.07) is 18.6. The Labute approximate surface area is 242 Å². The summed E-state index contributed by atoms with van der Waals surface area (Å²) >= 11 is 0. The Morgan fingerprint density at radius 3 is 2.65 bits per heavy atom. The highest BCUT2D eigenvalue weighted by Crippen LogP contribution is 2.54. The maximum Gasteiger partial charge on any atom is 0.222 e. The summed E-state index contributed by atoms with van der Waals surface area (Å²) < 4.78 is 6.49. The monoisotopic (exact) mass is 546 g/mol. The van der Waals surface area contributed by atoms with Gasteiger partial charge in [-0.05, 0) is 80.7 Å². The molecule has 0 spiro atoms. The molecule has 4 rings (SSSR count). The molecule has 1 saturated heterocycles. The van der Waals surface area contributed by atoms with Crippen LogP contribution in [-0.4, -0.2) is 65.7 Å². The van der Waals surface area contributed by atoms with Crippen molar-refractivity contribution in [2.75, 3.05) is 33.3 Å². The summed E-state index contributed by atoms with van der Waals surface area (Å²) in [6.45, 7) is 11.8. The van der Waals surface area contributed by atoms with Gasteiger partial charge in [0.1, 0.15) is 5.75 Å². The number of carbonyl (C=O) groups is 1. The van der Waals surface area contributed by atoms with E-state index in [1.807, 2.05) is 25.3 Å². The fourth-order valence-corrected chi connectivity index (χ4v) is 7.39. The van der Waals surface area contributed by atoms with Crippen LogP contribution in [0.15, 0.2) is 67.3 Å². The molecule has 2 aliphatic rings. The second-order valence-electron chi connectivity index (χ2n) is 12.5. The molecule has 5 nitrogen and oxygen atoms in total. The molecule has 40 heavy (non-hydrogen) atoms. The van der Waals surface area contributed by atoms with Crippen LogP contribution in [0.3, 0.4) is 0 Å². The van der Waals surface area contributed by atoms with Gasteiger partial charge >= 0.3 is 0 Å². The molecule has 2 aromatic rings. The molecule has 0 bridgehead atoms. The summed E-state index contributed by atoms with van der Waals surface area (Å²) in [5, 5.41) is 10.5. The zero-order valence-electron chi connectivity index (χ0n) is 25.0. The van der Waals surface area contributed by atoms with Crippen LogP contribution in [0, 0.1) is 5.92 Å². The van der Waals surface area contributed by atoms with Crippen molar-refractivity contribution in [2.24, 2.45) is 5.92 Å². The number of rotatable bonds is 13. The fourth-order valence-electron chi connectivity index (χ4n) is 7.39. The SMILES string of the molecule is C=CCN1CC[C@@]2(c3cccc(O)c3)C[C@H](N(CC(C)C)C(=O)CCCCCc3ccccc3)CC[C@]2(OC)C1. The molecule has 218 valence electrons. The molecule has 3 atom stereocenters. The number of nitrogens with zero attached hydrogens (tertiary/aromatic N) is 2. The van der Waals surface area contributed by atoms with E-state index in [2.05, 4.69) is 66.6 Å². The number of aromatic hydroxyl groups is 1. The van der Waals surface area contributed by atoms with Crippen molar-refractivity contribution in [1.29, 1.82) is 0 Å². The highest BCUT2D eigenvalue weighted by molar-refractivity contribution is 5.76. The number of ether oxygens (including phenoxy) is 1. The molecular weight excluding hydrogens is 496 g/mol. The Morgan fingerprint density at radius 1 is 1.15 bits per heavy atom. The first-order chi connectivity index (χ1) is 19.3. The second kappa shape index (κ2) is 13.8. The number of phenolic OH excluding ortho intramolecular Hbond substituents is 1. The Balaban J connectivity index is 1.52. The third kappa shape index (κ3) is 6.80. The predicted molar refractivity (Wildman–Crippen MR) is 164 cm³/mol. The Kier molecular flexibility index (Phi) is 10.5. The van der Waals surface area contributed by atoms with Crippen LogP contribution < -0.4 is 0 Å². The van der Waals surface area contributed by atoms with Gasteiger partial charge in [0.05, 0.1) is 5.60 Å².